The van der Waals surface area contributed by atoms with Gasteiger partial charge in [-0.2, -0.15) is 0 Å². The Bertz CT molecular complexity index is 1160. The molecule has 6 rings (SSSR count). The van der Waals surface area contributed by atoms with Crippen LogP contribution in [0.1, 0.15) is 36.2 Å². The Balaban J connectivity index is 1.57. The molecule has 2 atom stereocenters. The minimum absolute atomic E-state index is 0.0518. The summed E-state index contributed by atoms with van der Waals surface area (Å²) in [4.78, 5) is 9.55. The fraction of sp³-hybridized carbons (Fsp3) is 0.172. The minimum Gasteiger partial charge on any atom is -0.337 e. The fourth-order valence-corrected chi connectivity index (χ4v) is 5.05. The van der Waals surface area contributed by atoms with E-state index in [-0.39, 0.29) is 17.8 Å². The van der Waals surface area contributed by atoms with Crippen LogP contribution in [0.4, 0.5) is 11.4 Å². The molecule has 4 aromatic carbocycles. The van der Waals surface area contributed by atoms with E-state index in [4.69, 9.17) is 4.84 Å². The third-order valence-electron chi connectivity index (χ3n) is 6.66. The van der Waals surface area contributed by atoms with Crippen molar-refractivity contribution in [3.63, 3.8) is 0 Å². The first-order valence-corrected chi connectivity index (χ1v) is 11.3. The normalized spacial score (nSPS) is 21.5. The van der Waals surface area contributed by atoms with Gasteiger partial charge in [0.15, 0.2) is 6.17 Å². The second-order valence-corrected chi connectivity index (χ2v) is 8.65. The third kappa shape index (κ3) is 3.17. The van der Waals surface area contributed by atoms with Gasteiger partial charge in [0.2, 0.25) is 0 Å². The number of hydrogen-bond donors (Lipinski definition) is 0. The van der Waals surface area contributed by atoms with Crippen LogP contribution in [-0.4, -0.2) is 5.54 Å². The topological polar surface area (TPSA) is 15.7 Å². The van der Waals surface area contributed by atoms with Crippen LogP contribution in [0, 0.1) is 0 Å². The lowest BCUT2D eigenvalue weighted by Crippen LogP contribution is -2.57. The lowest BCUT2D eigenvalue weighted by Gasteiger charge is -2.54. The van der Waals surface area contributed by atoms with Crippen LogP contribution in [0.3, 0.4) is 0 Å². The summed E-state index contributed by atoms with van der Waals surface area (Å²) in [5.74, 6) is 0. The lowest BCUT2D eigenvalue weighted by molar-refractivity contribution is -0.0451. The molecule has 1 heterocycles. The average Bonchev–Trinajstić information content (AvgIpc) is 3.66. The van der Waals surface area contributed by atoms with Crippen LogP contribution in [-0.2, 0) is 4.84 Å². The summed E-state index contributed by atoms with van der Waals surface area (Å²) in [6.07, 6.45) is 2.09. The predicted octanol–water partition coefficient (Wildman–Crippen LogP) is 6.92. The molecular weight excluding hydrogens is 392 g/mol. The Kier molecular flexibility index (Phi) is 4.70. The van der Waals surface area contributed by atoms with E-state index in [1.807, 2.05) is 0 Å². The van der Waals surface area contributed by atoms with Gasteiger partial charge in [-0.15, -0.1) is 0 Å². The molecular formula is C29H26N2O. The summed E-state index contributed by atoms with van der Waals surface area (Å²) in [7, 11) is 0. The SMILES string of the molecule is c1ccc(C2N(c3ccccc3)OC(c3ccccc3)C3(CC3)N2c2ccccc2)cc1. The smallest absolute Gasteiger partial charge is 0.154 e. The Labute approximate surface area is 189 Å². The molecule has 0 radical (unpaired) electrons. The van der Waals surface area contributed by atoms with Crippen molar-refractivity contribution < 1.29 is 4.84 Å². The molecule has 158 valence electrons. The maximum absolute atomic E-state index is 6.95. The summed E-state index contributed by atoms with van der Waals surface area (Å²) < 4.78 is 0. The van der Waals surface area contributed by atoms with E-state index in [0.717, 1.165) is 18.5 Å². The summed E-state index contributed by atoms with van der Waals surface area (Å²) in [5.41, 5.74) is 4.65. The van der Waals surface area contributed by atoms with Gasteiger partial charge in [0.1, 0.15) is 6.10 Å². The lowest BCUT2D eigenvalue weighted by atomic mass is 9.94. The van der Waals surface area contributed by atoms with E-state index in [2.05, 4.69) is 131 Å². The summed E-state index contributed by atoms with van der Waals surface area (Å²) in [5, 5.41) is 2.11. The first kappa shape index (κ1) is 19.1. The molecule has 4 aromatic rings. The van der Waals surface area contributed by atoms with E-state index in [9.17, 15) is 0 Å². The first-order chi connectivity index (χ1) is 15.9. The molecule has 1 saturated carbocycles. The van der Waals surface area contributed by atoms with Crippen LogP contribution >= 0.6 is 0 Å². The van der Waals surface area contributed by atoms with Gasteiger partial charge < -0.3 is 4.90 Å². The van der Waals surface area contributed by atoms with Gasteiger partial charge in [0, 0.05) is 5.69 Å². The van der Waals surface area contributed by atoms with Gasteiger partial charge in [-0.3, -0.25) is 4.84 Å². The molecule has 0 aromatic heterocycles. The van der Waals surface area contributed by atoms with Crippen molar-refractivity contribution in [2.45, 2.75) is 30.7 Å². The van der Waals surface area contributed by atoms with Crippen molar-refractivity contribution >= 4 is 11.4 Å². The standard InChI is InChI=1S/C29H26N2O/c1-5-13-23(14-6-1)27-29(21-22-29)30(25-17-9-3-10-18-25)28(24-15-7-2-8-16-24)31(32-27)26-19-11-4-12-20-26/h1-20,27-28H,21-22H2. The van der Waals surface area contributed by atoms with Crippen molar-refractivity contribution in [3.8, 4) is 0 Å². The number of nitrogens with zero attached hydrogens (tertiary/aromatic N) is 2. The highest BCUT2D eigenvalue weighted by Crippen LogP contribution is 2.60. The molecule has 32 heavy (non-hydrogen) atoms. The molecule has 3 heteroatoms. The number of benzene rings is 4. The molecule has 1 spiro atoms. The number of hydrogen-bond acceptors (Lipinski definition) is 3. The average molecular weight is 419 g/mol. The zero-order valence-corrected chi connectivity index (χ0v) is 17.9. The van der Waals surface area contributed by atoms with E-state index in [1.54, 1.807) is 0 Å². The van der Waals surface area contributed by atoms with Crippen LogP contribution in [0.2, 0.25) is 0 Å². The zero-order chi connectivity index (χ0) is 21.4. The van der Waals surface area contributed by atoms with Gasteiger partial charge in [-0.25, -0.2) is 5.06 Å². The van der Waals surface area contributed by atoms with Gasteiger partial charge in [0.05, 0.1) is 11.2 Å². The van der Waals surface area contributed by atoms with Gasteiger partial charge in [0.25, 0.3) is 0 Å². The highest BCUT2D eigenvalue weighted by molar-refractivity contribution is 5.60. The van der Waals surface area contributed by atoms with Crippen molar-refractivity contribution in [1.82, 2.24) is 0 Å². The molecule has 2 fully saturated rings. The highest BCUT2D eigenvalue weighted by atomic mass is 16.7. The predicted molar refractivity (Wildman–Crippen MR) is 129 cm³/mol. The summed E-state index contributed by atoms with van der Waals surface area (Å²) in [6.45, 7) is 0. The Morgan fingerprint density at radius 1 is 0.562 bits per heavy atom. The molecule has 2 aliphatic rings. The molecule has 2 unspecified atom stereocenters. The van der Waals surface area contributed by atoms with E-state index < -0.39 is 0 Å². The summed E-state index contributed by atoms with van der Waals surface area (Å²) >= 11 is 0. The van der Waals surface area contributed by atoms with Crippen LogP contribution in [0.15, 0.2) is 121 Å². The molecule has 1 aliphatic heterocycles. The zero-order valence-electron chi connectivity index (χ0n) is 17.9. The summed E-state index contributed by atoms with van der Waals surface area (Å²) in [6, 6.07) is 42.7. The van der Waals surface area contributed by atoms with Crippen molar-refractivity contribution in [2.24, 2.45) is 0 Å². The fourth-order valence-electron chi connectivity index (χ4n) is 5.05. The first-order valence-electron chi connectivity index (χ1n) is 11.3. The maximum Gasteiger partial charge on any atom is 0.154 e. The largest absolute Gasteiger partial charge is 0.337 e. The molecule has 0 bridgehead atoms. The Morgan fingerprint density at radius 3 is 1.56 bits per heavy atom. The van der Waals surface area contributed by atoms with Crippen molar-refractivity contribution in [1.29, 1.82) is 0 Å². The van der Waals surface area contributed by atoms with Gasteiger partial charge in [-0.1, -0.05) is 97.1 Å². The van der Waals surface area contributed by atoms with Gasteiger partial charge >= 0.3 is 0 Å². The molecule has 1 saturated heterocycles. The number of para-hydroxylation sites is 2. The molecule has 0 N–H and O–H groups in total. The molecule has 1 aliphatic carbocycles. The second kappa shape index (κ2) is 7.85. The van der Waals surface area contributed by atoms with E-state index in [1.165, 1.54) is 16.8 Å². The third-order valence-corrected chi connectivity index (χ3v) is 6.66. The quantitative estimate of drug-likeness (QED) is 0.358. The van der Waals surface area contributed by atoms with Crippen LogP contribution in [0.25, 0.3) is 0 Å². The van der Waals surface area contributed by atoms with Crippen molar-refractivity contribution in [2.75, 3.05) is 9.96 Å². The maximum atomic E-state index is 6.95. The number of hydroxylamine groups is 1. The molecule has 0 amide bonds. The highest BCUT2D eigenvalue weighted by Gasteiger charge is 2.62. The number of anilines is 2. The van der Waals surface area contributed by atoms with Crippen molar-refractivity contribution in [3.05, 3.63) is 132 Å². The number of rotatable bonds is 4. The van der Waals surface area contributed by atoms with Crippen LogP contribution < -0.4 is 9.96 Å². The van der Waals surface area contributed by atoms with E-state index >= 15 is 0 Å². The minimum atomic E-state index is -0.0749. The second-order valence-electron chi connectivity index (χ2n) is 8.65. The van der Waals surface area contributed by atoms with Gasteiger partial charge in [-0.05, 0) is 48.2 Å². The van der Waals surface area contributed by atoms with Crippen LogP contribution in [0.5, 0.6) is 0 Å². The Hall–Kier alpha value is -3.56. The Morgan fingerprint density at radius 2 is 1.03 bits per heavy atom. The monoisotopic (exact) mass is 418 g/mol. The van der Waals surface area contributed by atoms with E-state index in [0.29, 0.717) is 0 Å². The molecule has 3 nitrogen and oxygen atoms in total.